The molecule has 2 aromatic heterocycles. The lowest BCUT2D eigenvalue weighted by molar-refractivity contribution is 0.197. The van der Waals surface area contributed by atoms with E-state index in [-0.39, 0.29) is 11.7 Å². The van der Waals surface area contributed by atoms with Crippen LogP contribution >= 0.6 is 0 Å². The number of aryl methyl sites for hydroxylation is 1. The van der Waals surface area contributed by atoms with Crippen molar-refractivity contribution in [2.24, 2.45) is 11.8 Å². The molecule has 1 saturated carbocycles. The average molecular weight is 314 g/mol. The Kier molecular flexibility index (Phi) is 2.98. The van der Waals surface area contributed by atoms with Crippen LogP contribution in [-0.2, 0) is 19.5 Å². The van der Waals surface area contributed by atoms with Crippen LogP contribution in [0, 0.1) is 11.8 Å². The minimum Gasteiger partial charge on any atom is -0.331 e. The van der Waals surface area contributed by atoms with E-state index < -0.39 is 0 Å². The quantitative estimate of drug-likeness (QED) is 0.889. The van der Waals surface area contributed by atoms with Gasteiger partial charge in [-0.15, -0.1) is 0 Å². The van der Waals surface area contributed by atoms with Crippen molar-refractivity contribution in [3.05, 3.63) is 34.0 Å². The zero-order chi connectivity index (χ0) is 15.4. The number of nitrogens with one attached hydrogen (secondary N) is 2. The van der Waals surface area contributed by atoms with Gasteiger partial charge in [-0.05, 0) is 44.1 Å². The molecule has 0 radical (unpaired) electrons. The molecule has 2 aromatic rings. The van der Waals surface area contributed by atoms with Crippen molar-refractivity contribution in [1.82, 2.24) is 29.6 Å². The standard InChI is InChI=1S/C16H22N6O/c23-16-18-15(19-20-16)14-12(10-3-4-10)5-7-21(14)9-11-8-17-13-2-1-6-22(11)13/h8,10,12,14H,1-7,9H2,(H2,18,19,20,23). The molecular formula is C16H22N6O. The van der Waals surface area contributed by atoms with E-state index in [1.807, 2.05) is 6.20 Å². The topological polar surface area (TPSA) is 82.6 Å². The van der Waals surface area contributed by atoms with E-state index in [2.05, 4.69) is 29.6 Å². The minimum atomic E-state index is -0.202. The normalized spacial score (nSPS) is 27.7. The summed E-state index contributed by atoms with van der Waals surface area (Å²) in [5, 5.41) is 6.79. The molecule has 4 heterocycles. The van der Waals surface area contributed by atoms with Gasteiger partial charge in [-0.2, -0.15) is 5.10 Å². The van der Waals surface area contributed by atoms with Crippen LogP contribution in [0.2, 0.25) is 0 Å². The number of hydrogen-bond donors (Lipinski definition) is 2. The van der Waals surface area contributed by atoms with Crippen molar-refractivity contribution >= 4 is 0 Å². The zero-order valence-corrected chi connectivity index (χ0v) is 13.2. The van der Waals surface area contributed by atoms with Crippen molar-refractivity contribution in [3.8, 4) is 0 Å². The second-order valence-corrected chi connectivity index (χ2v) is 7.19. The van der Waals surface area contributed by atoms with Crippen molar-refractivity contribution in [3.63, 3.8) is 0 Å². The molecule has 2 fully saturated rings. The van der Waals surface area contributed by atoms with Crippen molar-refractivity contribution in [2.75, 3.05) is 6.54 Å². The molecule has 0 bridgehead atoms. The van der Waals surface area contributed by atoms with Gasteiger partial charge in [-0.3, -0.25) is 9.88 Å². The summed E-state index contributed by atoms with van der Waals surface area (Å²) in [6, 6.07) is 0.231. The van der Waals surface area contributed by atoms with Gasteiger partial charge >= 0.3 is 5.69 Å². The Morgan fingerprint density at radius 2 is 2.17 bits per heavy atom. The molecular weight excluding hydrogens is 292 g/mol. The molecule has 0 aromatic carbocycles. The van der Waals surface area contributed by atoms with Crippen molar-refractivity contribution in [1.29, 1.82) is 0 Å². The number of nitrogens with zero attached hydrogens (tertiary/aromatic N) is 4. The van der Waals surface area contributed by atoms with Crippen LogP contribution in [0.4, 0.5) is 0 Å². The number of imidazole rings is 1. The van der Waals surface area contributed by atoms with Crippen molar-refractivity contribution in [2.45, 2.75) is 51.2 Å². The van der Waals surface area contributed by atoms with Crippen LogP contribution in [0.25, 0.3) is 0 Å². The summed E-state index contributed by atoms with van der Waals surface area (Å²) in [6.07, 6.45) is 8.18. The van der Waals surface area contributed by atoms with Gasteiger partial charge in [0.2, 0.25) is 0 Å². The van der Waals surface area contributed by atoms with E-state index in [0.717, 1.165) is 37.8 Å². The van der Waals surface area contributed by atoms with Crippen molar-refractivity contribution < 1.29 is 0 Å². The molecule has 2 atom stereocenters. The van der Waals surface area contributed by atoms with Gasteiger partial charge in [0.15, 0.2) is 0 Å². The molecule has 23 heavy (non-hydrogen) atoms. The first kappa shape index (κ1) is 13.5. The van der Waals surface area contributed by atoms with Gasteiger partial charge in [0.25, 0.3) is 0 Å². The zero-order valence-electron chi connectivity index (χ0n) is 13.2. The van der Waals surface area contributed by atoms with Gasteiger partial charge in [0.1, 0.15) is 11.6 Å². The summed E-state index contributed by atoms with van der Waals surface area (Å²) in [7, 11) is 0. The Labute approximate surface area is 134 Å². The molecule has 1 saturated heterocycles. The summed E-state index contributed by atoms with van der Waals surface area (Å²) in [6.45, 7) is 3.06. The van der Waals surface area contributed by atoms with E-state index in [1.165, 1.54) is 37.2 Å². The fourth-order valence-electron chi connectivity index (χ4n) is 4.53. The summed E-state index contributed by atoms with van der Waals surface area (Å²) in [4.78, 5) is 21.5. The molecule has 0 spiro atoms. The first-order chi connectivity index (χ1) is 11.3. The minimum absolute atomic E-state index is 0.202. The lowest BCUT2D eigenvalue weighted by Crippen LogP contribution is -2.28. The Hall–Kier alpha value is -1.89. The third kappa shape index (κ3) is 2.25. The fourth-order valence-corrected chi connectivity index (χ4v) is 4.53. The van der Waals surface area contributed by atoms with E-state index in [9.17, 15) is 4.79 Å². The van der Waals surface area contributed by atoms with Crippen LogP contribution in [-0.4, -0.2) is 36.2 Å². The summed E-state index contributed by atoms with van der Waals surface area (Å²) >= 11 is 0. The smallest absolute Gasteiger partial charge is 0.331 e. The van der Waals surface area contributed by atoms with E-state index in [1.54, 1.807) is 0 Å². The molecule has 2 aliphatic heterocycles. The monoisotopic (exact) mass is 314 g/mol. The van der Waals surface area contributed by atoms with Crippen LogP contribution in [0.15, 0.2) is 11.0 Å². The number of fused-ring (bicyclic) bond motifs is 1. The first-order valence-electron chi connectivity index (χ1n) is 8.71. The average Bonchev–Trinajstić information content (AvgIpc) is 2.94. The summed E-state index contributed by atoms with van der Waals surface area (Å²) in [5.74, 6) is 3.46. The fraction of sp³-hybridized carbons (Fsp3) is 0.688. The highest BCUT2D eigenvalue weighted by molar-refractivity contribution is 5.11. The number of aromatic amines is 2. The van der Waals surface area contributed by atoms with E-state index in [0.29, 0.717) is 5.92 Å². The maximum atomic E-state index is 11.5. The molecule has 2 unspecified atom stereocenters. The number of rotatable bonds is 4. The molecule has 3 aliphatic rings. The lowest BCUT2D eigenvalue weighted by atomic mass is 9.94. The predicted octanol–water partition coefficient (Wildman–Crippen LogP) is 1.21. The molecule has 7 nitrogen and oxygen atoms in total. The Morgan fingerprint density at radius 3 is 2.96 bits per heavy atom. The van der Waals surface area contributed by atoms with Gasteiger partial charge < -0.3 is 4.57 Å². The Balaban J connectivity index is 1.44. The second-order valence-electron chi connectivity index (χ2n) is 7.19. The highest BCUT2D eigenvalue weighted by Crippen LogP contribution is 2.49. The number of hydrogen-bond acceptors (Lipinski definition) is 4. The highest BCUT2D eigenvalue weighted by atomic mass is 16.1. The highest BCUT2D eigenvalue weighted by Gasteiger charge is 2.45. The molecule has 7 heteroatoms. The molecule has 0 amide bonds. The van der Waals surface area contributed by atoms with Gasteiger partial charge in [0, 0.05) is 25.7 Å². The largest absolute Gasteiger partial charge is 0.340 e. The van der Waals surface area contributed by atoms with Crippen LogP contribution < -0.4 is 5.69 Å². The molecule has 1 aliphatic carbocycles. The molecule has 5 rings (SSSR count). The van der Waals surface area contributed by atoms with Gasteiger partial charge in [-0.1, -0.05) is 0 Å². The van der Waals surface area contributed by atoms with Crippen LogP contribution in [0.1, 0.15) is 49.1 Å². The SMILES string of the molecule is O=c1[nH]nc(C2C(C3CC3)CCN2Cc2cnc3n2CCC3)[nH]1. The number of aromatic nitrogens is 5. The third-order valence-electron chi connectivity index (χ3n) is 5.74. The van der Waals surface area contributed by atoms with E-state index in [4.69, 9.17) is 0 Å². The maximum Gasteiger partial charge on any atom is 0.340 e. The number of likely N-dealkylation sites (tertiary alicyclic amines) is 1. The summed E-state index contributed by atoms with van der Waals surface area (Å²) in [5.41, 5.74) is 1.10. The Morgan fingerprint density at radius 1 is 1.26 bits per heavy atom. The van der Waals surface area contributed by atoms with Gasteiger partial charge in [0.05, 0.1) is 11.7 Å². The van der Waals surface area contributed by atoms with E-state index >= 15 is 0 Å². The van der Waals surface area contributed by atoms with Crippen LogP contribution in [0.5, 0.6) is 0 Å². The summed E-state index contributed by atoms with van der Waals surface area (Å²) < 4.78 is 2.37. The van der Waals surface area contributed by atoms with Crippen LogP contribution in [0.3, 0.4) is 0 Å². The predicted molar refractivity (Wildman–Crippen MR) is 83.7 cm³/mol. The molecule has 122 valence electrons. The lowest BCUT2D eigenvalue weighted by Gasteiger charge is -2.26. The maximum absolute atomic E-state index is 11.5. The van der Waals surface area contributed by atoms with Gasteiger partial charge in [-0.25, -0.2) is 14.9 Å². The second kappa shape index (κ2) is 5.06. The Bertz CT molecular complexity index is 770. The number of H-pyrrole nitrogens is 2. The molecule has 2 N–H and O–H groups in total. The first-order valence-corrected chi connectivity index (χ1v) is 8.71. The third-order valence-corrected chi connectivity index (χ3v) is 5.74.